The Labute approximate surface area is 115 Å². The fourth-order valence-corrected chi connectivity index (χ4v) is 1.87. The third kappa shape index (κ3) is 2.73. The molecule has 0 aliphatic heterocycles. The van der Waals surface area contributed by atoms with Crippen LogP contribution < -0.4 is 4.18 Å². The van der Waals surface area contributed by atoms with E-state index in [4.69, 9.17) is 5.26 Å². The van der Waals surface area contributed by atoms with E-state index in [9.17, 15) is 26.0 Å². The van der Waals surface area contributed by atoms with Gasteiger partial charge >= 0.3 is 15.6 Å². The Kier molecular flexibility index (Phi) is 3.46. The lowest BCUT2D eigenvalue weighted by molar-refractivity contribution is -0.0501. The second-order valence-electron chi connectivity index (χ2n) is 3.74. The summed E-state index contributed by atoms with van der Waals surface area (Å²) in [6, 6.07) is 5.44. The molecule has 0 saturated heterocycles. The predicted octanol–water partition coefficient (Wildman–Crippen LogP) is 2.47. The van der Waals surface area contributed by atoms with Crippen LogP contribution >= 0.6 is 0 Å². The average molecular weight is 320 g/mol. The van der Waals surface area contributed by atoms with Gasteiger partial charge in [-0.1, -0.05) is 0 Å². The van der Waals surface area contributed by atoms with Gasteiger partial charge in [-0.3, -0.25) is 0 Å². The summed E-state index contributed by atoms with van der Waals surface area (Å²) in [6.07, 6.45) is 0. The van der Waals surface area contributed by atoms with Crippen molar-refractivity contribution in [2.75, 3.05) is 0 Å². The third-order valence-electron chi connectivity index (χ3n) is 2.38. The maximum Gasteiger partial charge on any atom is 0.534 e. The van der Waals surface area contributed by atoms with Crippen LogP contribution in [0.5, 0.6) is 5.88 Å². The summed E-state index contributed by atoms with van der Waals surface area (Å²) in [7, 11) is -5.89. The standard InChI is InChI=1S/C11H4F4N2O3S/c12-8-3-1-6(5-16)10-7(8)2-4-9(17-10)20-21(18,19)11(13,14)15/h1-4H. The number of aromatic nitrogens is 1. The molecule has 0 amide bonds. The number of rotatable bonds is 2. The van der Waals surface area contributed by atoms with Crippen molar-refractivity contribution < 1.29 is 30.2 Å². The van der Waals surface area contributed by atoms with Crippen molar-refractivity contribution in [1.82, 2.24) is 4.98 Å². The number of nitriles is 1. The van der Waals surface area contributed by atoms with Gasteiger partial charge in [-0.2, -0.15) is 26.9 Å². The van der Waals surface area contributed by atoms with Crippen molar-refractivity contribution in [2.45, 2.75) is 5.51 Å². The predicted molar refractivity (Wildman–Crippen MR) is 62.0 cm³/mol. The van der Waals surface area contributed by atoms with Gasteiger partial charge in [-0.05, 0) is 18.2 Å². The van der Waals surface area contributed by atoms with Crippen LogP contribution in [0.3, 0.4) is 0 Å². The maximum absolute atomic E-state index is 13.5. The van der Waals surface area contributed by atoms with Crippen LogP contribution in [-0.2, 0) is 10.1 Å². The summed E-state index contributed by atoms with van der Waals surface area (Å²) in [5.74, 6) is -1.68. The molecular weight excluding hydrogens is 316 g/mol. The number of nitrogens with zero attached hydrogens (tertiary/aromatic N) is 2. The van der Waals surface area contributed by atoms with E-state index in [0.29, 0.717) is 0 Å². The summed E-state index contributed by atoms with van der Waals surface area (Å²) in [5, 5.41) is 8.68. The fraction of sp³-hybridized carbons (Fsp3) is 0.0909. The maximum atomic E-state index is 13.5. The highest BCUT2D eigenvalue weighted by Gasteiger charge is 2.48. The molecule has 110 valence electrons. The minimum absolute atomic E-state index is 0.138. The summed E-state index contributed by atoms with van der Waals surface area (Å²) < 4.78 is 75.6. The Morgan fingerprint density at radius 1 is 1.19 bits per heavy atom. The van der Waals surface area contributed by atoms with Gasteiger partial charge < -0.3 is 4.18 Å². The van der Waals surface area contributed by atoms with Gasteiger partial charge in [-0.15, -0.1) is 0 Å². The molecule has 0 unspecified atom stereocenters. The Bertz CT molecular complexity index is 856. The van der Waals surface area contributed by atoms with Gasteiger partial charge in [0.2, 0.25) is 5.88 Å². The van der Waals surface area contributed by atoms with Crippen molar-refractivity contribution in [1.29, 1.82) is 5.26 Å². The number of halogens is 4. The lowest BCUT2D eigenvalue weighted by atomic mass is 10.1. The van der Waals surface area contributed by atoms with Crippen molar-refractivity contribution in [3.8, 4) is 11.9 Å². The first-order valence-electron chi connectivity index (χ1n) is 5.16. The molecule has 1 heterocycles. The van der Waals surface area contributed by atoms with Crippen LogP contribution in [-0.4, -0.2) is 18.9 Å². The Hall–Kier alpha value is -2.41. The smallest absolute Gasteiger partial charge is 0.355 e. The van der Waals surface area contributed by atoms with Gasteiger partial charge in [0.1, 0.15) is 11.9 Å². The molecule has 0 atom stereocenters. The van der Waals surface area contributed by atoms with Crippen molar-refractivity contribution >= 4 is 21.0 Å². The molecule has 2 aromatic rings. The van der Waals surface area contributed by atoms with Crippen LogP contribution in [0.4, 0.5) is 17.6 Å². The molecule has 0 aliphatic rings. The van der Waals surface area contributed by atoms with Crippen LogP contribution in [0.15, 0.2) is 24.3 Å². The molecule has 2 rings (SSSR count). The van der Waals surface area contributed by atoms with E-state index in [1.54, 1.807) is 6.07 Å². The lowest BCUT2D eigenvalue weighted by Gasteiger charge is -2.09. The normalized spacial score (nSPS) is 12.1. The quantitative estimate of drug-likeness (QED) is 0.482. The molecule has 5 nitrogen and oxygen atoms in total. The van der Waals surface area contributed by atoms with Gasteiger partial charge in [0.05, 0.1) is 11.1 Å². The molecule has 21 heavy (non-hydrogen) atoms. The van der Waals surface area contributed by atoms with Crippen LogP contribution in [0.1, 0.15) is 5.56 Å². The molecular formula is C11H4F4N2O3S. The average Bonchev–Trinajstić information content (AvgIpc) is 2.37. The van der Waals surface area contributed by atoms with E-state index in [2.05, 4.69) is 9.17 Å². The first-order valence-corrected chi connectivity index (χ1v) is 6.56. The third-order valence-corrected chi connectivity index (χ3v) is 3.33. The van der Waals surface area contributed by atoms with Gasteiger partial charge in [0, 0.05) is 11.5 Å². The van der Waals surface area contributed by atoms with Gasteiger partial charge in [0.15, 0.2) is 0 Å². The molecule has 0 saturated carbocycles. The molecule has 0 radical (unpaired) electrons. The Balaban J connectivity index is 2.57. The summed E-state index contributed by atoms with van der Waals surface area (Å²) in [4.78, 5) is 3.44. The van der Waals surface area contributed by atoms with E-state index in [1.807, 2.05) is 0 Å². The first-order chi connectivity index (χ1) is 9.65. The number of benzene rings is 1. The van der Waals surface area contributed by atoms with E-state index in [-0.39, 0.29) is 16.5 Å². The van der Waals surface area contributed by atoms with Gasteiger partial charge in [0.25, 0.3) is 0 Å². The number of pyridine rings is 1. The van der Waals surface area contributed by atoms with Gasteiger partial charge in [-0.25, -0.2) is 9.37 Å². The Morgan fingerprint density at radius 2 is 1.86 bits per heavy atom. The van der Waals surface area contributed by atoms with Crippen LogP contribution in [0.2, 0.25) is 0 Å². The van der Waals surface area contributed by atoms with Crippen molar-refractivity contribution in [3.63, 3.8) is 0 Å². The van der Waals surface area contributed by atoms with Crippen LogP contribution in [0.25, 0.3) is 10.9 Å². The molecule has 0 bridgehead atoms. The zero-order valence-electron chi connectivity index (χ0n) is 9.85. The molecule has 10 heteroatoms. The zero-order valence-corrected chi connectivity index (χ0v) is 10.7. The highest BCUT2D eigenvalue weighted by molar-refractivity contribution is 7.87. The minimum Gasteiger partial charge on any atom is -0.355 e. The minimum atomic E-state index is -5.89. The van der Waals surface area contributed by atoms with Crippen molar-refractivity contribution in [3.05, 3.63) is 35.6 Å². The molecule has 1 aromatic carbocycles. The molecule has 0 spiro atoms. The molecule has 0 N–H and O–H groups in total. The monoisotopic (exact) mass is 320 g/mol. The number of hydrogen-bond acceptors (Lipinski definition) is 5. The largest absolute Gasteiger partial charge is 0.534 e. The van der Waals surface area contributed by atoms with E-state index >= 15 is 0 Å². The molecule has 1 aromatic heterocycles. The fourth-order valence-electron chi connectivity index (χ4n) is 1.46. The van der Waals surface area contributed by atoms with E-state index in [1.165, 1.54) is 0 Å². The van der Waals surface area contributed by atoms with Crippen molar-refractivity contribution in [2.24, 2.45) is 0 Å². The Morgan fingerprint density at radius 3 is 2.43 bits per heavy atom. The number of alkyl halides is 3. The highest BCUT2D eigenvalue weighted by atomic mass is 32.2. The van der Waals surface area contributed by atoms with E-state index < -0.39 is 27.3 Å². The summed E-state index contributed by atoms with van der Waals surface area (Å²) in [6.45, 7) is 0. The SMILES string of the molecule is N#Cc1ccc(F)c2ccc(OS(=O)(=O)C(F)(F)F)nc12. The van der Waals surface area contributed by atoms with Crippen LogP contribution in [0, 0.1) is 17.1 Å². The topological polar surface area (TPSA) is 80.0 Å². The second kappa shape index (κ2) is 4.85. The lowest BCUT2D eigenvalue weighted by Crippen LogP contribution is -2.28. The zero-order chi connectivity index (χ0) is 15.8. The number of fused-ring (bicyclic) bond motifs is 1. The van der Waals surface area contributed by atoms with E-state index in [0.717, 1.165) is 24.3 Å². The first kappa shape index (κ1) is 15.0. The highest BCUT2D eigenvalue weighted by Crippen LogP contribution is 2.28. The second-order valence-corrected chi connectivity index (χ2v) is 5.27. The molecule has 0 fully saturated rings. The summed E-state index contributed by atoms with van der Waals surface area (Å²) >= 11 is 0. The number of hydrogen-bond donors (Lipinski definition) is 0. The molecule has 0 aliphatic carbocycles. The summed E-state index contributed by atoms with van der Waals surface area (Å²) in [5.41, 5.74) is -6.06.